The normalized spacial score (nSPS) is 15.9. The molecular formula is C25H29N3O4S. The Morgan fingerprint density at radius 1 is 1.18 bits per heavy atom. The van der Waals surface area contributed by atoms with Crippen molar-refractivity contribution < 1.29 is 19.1 Å². The number of nitrogens with one attached hydrogen (secondary N) is 1. The van der Waals surface area contributed by atoms with Gasteiger partial charge in [-0.2, -0.15) is 0 Å². The largest absolute Gasteiger partial charge is 0.497 e. The molecule has 33 heavy (non-hydrogen) atoms. The number of rotatable bonds is 8. The van der Waals surface area contributed by atoms with Gasteiger partial charge in [0.25, 0.3) is 0 Å². The smallest absolute Gasteiger partial charge is 0.247 e. The minimum Gasteiger partial charge on any atom is -0.497 e. The summed E-state index contributed by atoms with van der Waals surface area (Å²) in [6, 6.07) is 14.5. The number of ether oxygens (including phenoxy) is 2. The van der Waals surface area contributed by atoms with Crippen molar-refractivity contribution >= 4 is 40.2 Å². The Kier molecular flexibility index (Phi) is 7.25. The van der Waals surface area contributed by atoms with Crippen molar-refractivity contribution in [2.24, 2.45) is 7.05 Å². The standard InChI is InChI=1S/C25H29N3O4S/c1-4-32-15-7-14-26-24(30)23-22-19-8-5-6-9-20(19)27(2)25(22)33-16-21(29)28(23)17-10-12-18(31-3)13-11-17/h5-6,8-13,23H,4,7,14-16H2,1-3H3,(H,26,30)/t23-/m0/s1. The zero-order valence-electron chi connectivity index (χ0n) is 19.2. The van der Waals surface area contributed by atoms with Gasteiger partial charge < -0.3 is 19.4 Å². The highest BCUT2D eigenvalue weighted by Crippen LogP contribution is 2.43. The Labute approximate surface area is 198 Å². The van der Waals surface area contributed by atoms with Crippen LogP contribution in [0.15, 0.2) is 53.6 Å². The zero-order chi connectivity index (χ0) is 23.4. The number of thioether (sulfide) groups is 1. The van der Waals surface area contributed by atoms with Crippen molar-refractivity contribution in [3.63, 3.8) is 0 Å². The molecule has 1 aliphatic rings. The Morgan fingerprint density at radius 3 is 2.67 bits per heavy atom. The molecule has 0 radical (unpaired) electrons. The summed E-state index contributed by atoms with van der Waals surface area (Å²) in [7, 11) is 3.59. The number of fused-ring (bicyclic) bond motifs is 3. The van der Waals surface area contributed by atoms with E-state index in [1.165, 1.54) is 11.8 Å². The van der Waals surface area contributed by atoms with E-state index in [2.05, 4.69) is 9.88 Å². The van der Waals surface area contributed by atoms with E-state index in [9.17, 15) is 9.59 Å². The van der Waals surface area contributed by atoms with Gasteiger partial charge in [-0.15, -0.1) is 0 Å². The van der Waals surface area contributed by atoms with Crippen LogP contribution in [-0.4, -0.2) is 49.0 Å². The lowest BCUT2D eigenvalue weighted by atomic mass is 10.0. The summed E-state index contributed by atoms with van der Waals surface area (Å²) in [6.07, 6.45) is 0.708. The maximum absolute atomic E-state index is 13.7. The molecular weight excluding hydrogens is 438 g/mol. The summed E-state index contributed by atoms with van der Waals surface area (Å²) < 4.78 is 12.8. The average molecular weight is 468 g/mol. The lowest BCUT2D eigenvalue weighted by Crippen LogP contribution is -2.44. The van der Waals surface area contributed by atoms with Gasteiger partial charge in [-0.05, 0) is 43.7 Å². The van der Waals surface area contributed by atoms with Crippen LogP contribution in [0, 0.1) is 0 Å². The molecule has 0 bridgehead atoms. The van der Waals surface area contributed by atoms with Gasteiger partial charge in [0, 0.05) is 49.0 Å². The first-order valence-corrected chi connectivity index (χ1v) is 12.1. The van der Waals surface area contributed by atoms with Gasteiger partial charge in [-0.3, -0.25) is 14.5 Å². The summed E-state index contributed by atoms with van der Waals surface area (Å²) in [5.74, 6) is 0.631. The number of nitrogens with zero attached hydrogens (tertiary/aromatic N) is 2. The second-order valence-electron chi connectivity index (χ2n) is 7.79. The van der Waals surface area contributed by atoms with Crippen LogP contribution in [0.3, 0.4) is 0 Å². The lowest BCUT2D eigenvalue weighted by Gasteiger charge is -2.30. The van der Waals surface area contributed by atoms with Gasteiger partial charge in [0.2, 0.25) is 11.8 Å². The van der Waals surface area contributed by atoms with E-state index in [1.807, 2.05) is 62.5 Å². The van der Waals surface area contributed by atoms with Gasteiger partial charge in [0.05, 0.1) is 17.9 Å². The summed E-state index contributed by atoms with van der Waals surface area (Å²) in [6.45, 7) is 3.65. The number of aromatic nitrogens is 1. The summed E-state index contributed by atoms with van der Waals surface area (Å²) in [4.78, 5) is 28.7. The van der Waals surface area contributed by atoms with Crippen LogP contribution >= 0.6 is 11.8 Å². The second kappa shape index (κ2) is 10.3. The highest BCUT2D eigenvalue weighted by atomic mass is 32.2. The Morgan fingerprint density at radius 2 is 1.94 bits per heavy atom. The van der Waals surface area contributed by atoms with E-state index in [4.69, 9.17) is 9.47 Å². The SMILES string of the molecule is CCOCCCNC(=O)[C@@H]1c2c(n(C)c3ccccc23)SCC(=O)N1c1ccc(OC)cc1. The van der Waals surface area contributed by atoms with Crippen molar-refractivity contribution in [3.8, 4) is 5.75 Å². The molecule has 0 unspecified atom stereocenters. The Hall–Kier alpha value is -2.97. The number of benzene rings is 2. The first-order chi connectivity index (χ1) is 16.1. The quantitative estimate of drug-likeness (QED) is 0.509. The number of hydrogen-bond acceptors (Lipinski definition) is 5. The summed E-state index contributed by atoms with van der Waals surface area (Å²) in [5, 5.41) is 4.96. The minimum atomic E-state index is -0.783. The van der Waals surface area contributed by atoms with E-state index in [0.29, 0.717) is 37.6 Å². The molecule has 1 atom stereocenters. The molecule has 0 fully saturated rings. The minimum absolute atomic E-state index is 0.111. The van der Waals surface area contributed by atoms with E-state index in [1.54, 1.807) is 12.0 Å². The first kappa shape index (κ1) is 23.2. The predicted molar refractivity (Wildman–Crippen MR) is 131 cm³/mol. The highest BCUT2D eigenvalue weighted by molar-refractivity contribution is 8.00. The molecule has 174 valence electrons. The molecule has 1 aromatic heterocycles. The number of methoxy groups -OCH3 is 1. The number of amides is 2. The first-order valence-electron chi connectivity index (χ1n) is 11.1. The third-order valence-corrected chi connectivity index (χ3v) is 6.95. The third-order valence-electron chi connectivity index (χ3n) is 5.79. The van der Waals surface area contributed by atoms with E-state index < -0.39 is 6.04 Å². The fraction of sp³-hybridized carbons (Fsp3) is 0.360. The van der Waals surface area contributed by atoms with Crippen molar-refractivity contribution in [2.45, 2.75) is 24.4 Å². The van der Waals surface area contributed by atoms with Gasteiger partial charge in [-0.1, -0.05) is 30.0 Å². The molecule has 0 saturated carbocycles. The number of para-hydroxylation sites is 1. The topological polar surface area (TPSA) is 72.8 Å². The highest BCUT2D eigenvalue weighted by Gasteiger charge is 2.39. The molecule has 2 amide bonds. The number of aryl methyl sites for hydroxylation is 1. The monoisotopic (exact) mass is 467 g/mol. The fourth-order valence-electron chi connectivity index (χ4n) is 4.22. The second-order valence-corrected chi connectivity index (χ2v) is 8.75. The molecule has 0 saturated heterocycles. The van der Waals surface area contributed by atoms with Gasteiger partial charge in [-0.25, -0.2) is 0 Å². The van der Waals surface area contributed by atoms with Crippen LogP contribution in [0.25, 0.3) is 10.9 Å². The molecule has 4 rings (SSSR count). The number of carbonyl (C=O) groups is 2. The lowest BCUT2D eigenvalue weighted by molar-refractivity contribution is -0.125. The van der Waals surface area contributed by atoms with Crippen molar-refractivity contribution in [1.82, 2.24) is 9.88 Å². The van der Waals surface area contributed by atoms with Crippen LogP contribution < -0.4 is 15.0 Å². The number of anilines is 1. The van der Waals surface area contributed by atoms with Gasteiger partial charge in [0.15, 0.2) is 0 Å². The Balaban J connectivity index is 1.79. The number of carbonyl (C=O) groups excluding carboxylic acids is 2. The molecule has 8 heteroatoms. The van der Waals surface area contributed by atoms with Gasteiger partial charge in [0.1, 0.15) is 11.8 Å². The molecule has 2 heterocycles. The van der Waals surface area contributed by atoms with Crippen LogP contribution in [0.4, 0.5) is 5.69 Å². The number of hydrogen-bond donors (Lipinski definition) is 1. The van der Waals surface area contributed by atoms with Crippen LogP contribution in [0.1, 0.15) is 24.9 Å². The van der Waals surface area contributed by atoms with Crippen molar-refractivity contribution in [1.29, 1.82) is 0 Å². The molecule has 0 aliphatic carbocycles. The molecule has 7 nitrogen and oxygen atoms in total. The van der Waals surface area contributed by atoms with Crippen LogP contribution in [0.5, 0.6) is 5.75 Å². The maximum Gasteiger partial charge on any atom is 0.247 e. The third kappa shape index (κ3) is 4.58. The summed E-state index contributed by atoms with van der Waals surface area (Å²) >= 11 is 1.48. The maximum atomic E-state index is 13.7. The zero-order valence-corrected chi connectivity index (χ0v) is 20.0. The van der Waals surface area contributed by atoms with Gasteiger partial charge >= 0.3 is 0 Å². The Bertz CT molecular complexity index is 1140. The van der Waals surface area contributed by atoms with Crippen molar-refractivity contribution in [3.05, 3.63) is 54.1 Å². The van der Waals surface area contributed by atoms with Crippen LogP contribution in [0.2, 0.25) is 0 Å². The molecule has 2 aromatic carbocycles. The fourth-order valence-corrected chi connectivity index (χ4v) is 5.29. The molecule has 1 aliphatic heterocycles. The van der Waals surface area contributed by atoms with E-state index in [-0.39, 0.29) is 17.6 Å². The van der Waals surface area contributed by atoms with Crippen molar-refractivity contribution in [2.75, 3.05) is 37.5 Å². The predicted octanol–water partition coefficient (Wildman–Crippen LogP) is 3.91. The van der Waals surface area contributed by atoms with E-state index >= 15 is 0 Å². The molecule has 1 N–H and O–H groups in total. The summed E-state index contributed by atoms with van der Waals surface area (Å²) in [5.41, 5.74) is 2.56. The molecule has 3 aromatic rings. The van der Waals surface area contributed by atoms with Crippen LogP contribution in [-0.2, 0) is 21.4 Å². The average Bonchev–Trinajstić information content (AvgIpc) is 3.01. The molecule has 0 spiro atoms. The van der Waals surface area contributed by atoms with E-state index in [0.717, 1.165) is 21.5 Å².